The summed E-state index contributed by atoms with van der Waals surface area (Å²) in [6.45, 7) is 0. The lowest BCUT2D eigenvalue weighted by Crippen LogP contribution is -2.22. The lowest BCUT2D eigenvalue weighted by molar-refractivity contribution is -0.138. The van der Waals surface area contributed by atoms with Gasteiger partial charge >= 0.3 is 12.1 Å². The molecule has 0 amide bonds. The number of ether oxygens (including phenoxy) is 1. The Bertz CT molecular complexity index is 1190. The molecule has 0 radical (unpaired) electrons. The van der Waals surface area contributed by atoms with Crippen molar-refractivity contribution in [2.24, 2.45) is 0 Å². The molecule has 0 spiro atoms. The molecule has 2 aromatic carbocycles. The van der Waals surface area contributed by atoms with Crippen molar-refractivity contribution in [1.82, 2.24) is 9.55 Å². The molecule has 0 aliphatic carbocycles. The summed E-state index contributed by atoms with van der Waals surface area (Å²) >= 11 is 6.06. The molecule has 0 aliphatic rings. The molecule has 0 unspecified atom stereocenters. The molecule has 0 saturated carbocycles. The van der Waals surface area contributed by atoms with Gasteiger partial charge in [0.1, 0.15) is 10.9 Å². The van der Waals surface area contributed by atoms with Gasteiger partial charge in [0.15, 0.2) is 5.82 Å². The summed E-state index contributed by atoms with van der Waals surface area (Å²) in [5.41, 5.74) is -0.185. The zero-order valence-corrected chi connectivity index (χ0v) is 17.4. The monoisotopic (exact) mass is 467 g/mol. The Hall–Kier alpha value is -3.53. The Balaban J connectivity index is 1.94. The van der Waals surface area contributed by atoms with Crippen molar-refractivity contribution < 1.29 is 27.8 Å². The molecule has 0 aliphatic heterocycles. The van der Waals surface area contributed by atoms with Crippen LogP contribution in [0.25, 0.3) is 5.69 Å². The minimum Gasteiger partial charge on any atom is -0.495 e. The molecule has 3 aromatic rings. The van der Waals surface area contributed by atoms with Crippen molar-refractivity contribution in [1.29, 1.82) is 0 Å². The number of nitrogens with one attached hydrogen (secondary N) is 1. The van der Waals surface area contributed by atoms with Crippen molar-refractivity contribution in [2.75, 3.05) is 12.4 Å². The number of hydrogen-bond donors (Lipinski definition) is 2. The largest absolute Gasteiger partial charge is 0.495 e. The fourth-order valence-electron chi connectivity index (χ4n) is 2.91. The third kappa shape index (κ3) is 5.38. The van der Waals surface area contributed by atoms with Crippen LogP contribution >= 0.6 is 11.6 Å². The number of aliphatic carboxylic acids is 1. The molecule has 168 valence electrons. The summed E-state index contributed by atoms with van der Waals surface area (Å²) in [4.78, 5) is 27.6. The summed E-state index contributed by atoms with van der Waals surface area (Å²) in [5, 5.41) is 11.4. The van der Waals surface area contributed by atoms with Gasteiger partial charge in [0, 0.05) is 12.1 Å². The van der Waals surface area contributed by atoms with Crippen molar-refractivity contribution in [3.63, 3.8) is 0 Å². The molecule has 3 rings (SSSR count). The number of aromatic nitrogens is 2. The molecule has 11 heteroatoms. The van der Waals surface area contributed by atoms with Crippen LogP contribution in [0.4, 0.5) is 24.7 Å². The van der Waals surface area contributed by atoms with Gasteiger partial charge in [-0.15, -0.1) is 0 Å². The van der Waals surface area contributed by atoms with E-state index in [9.17, 15) is 22.8 Å². The van der Waals surface area contributed by atoms with Crippen LogP contribution in [0.5, 0.6) is 5.75 Å². The molecule has 2 N–H and O–H groups in total. The summed E-state index contributed by atoms with van der Waals surface area (Å²) < 4.78 is 45.1. The highest BCUT2D eigenvalue weighted by Gasteiger charge is 2.31. The number of hydrogen-bond acceptors (Lipinski definition) is 5. The molecule has 0 bridgehead atoms. The summed E-state index contributed by atoms with van der Waals surface area (Å²) in [7, 11) is 1.20. The molecule has 32 heavy (non-hydrogen) atoms. The number of carbonyl (C=O) groups is 1. The zero-order chi connectivity index (χ0) is 23.5. The number of methoxy groups -OCH3 is 1. The molecular weight excluding hydrogens is 451 g/mol. The van der Waals surface area contributed by atoms with Crippen molar-refractivity contribution in [2.45, 2.75) is 19.0 Å². The van der Waals surface area contributed by atoms with E-state index >= 15 is 0 Å². The van der Waals surface area contributed by atoms with Crippen LogP contribution in [0, 0.1) is 0 Å². The Morgan fingerprint density at radius 3 is 2.50 bits per heavy atom. The summed E-state index contributed by atoms with van der Waals surface area (Å²) in [6.07, 6.45) is -2.94. The van der Waals surface area contributed by atoms with Gasteiger partial charge in [0.25, 0.3) is 5.56 Å². The van der Waals surface area contributed by atoms with E-state index in [0.29, 0.717) is 12.1 Å². The van der Waals surface area contributed by atoms with Crippen LogP contribution in [-0.4, -0.2) is 27.7 Å². The highest BCUT2D eigenvalue weighted by Crippen LogP contribution is 2.35. The van der Waals surface area contributed by atoms with Crippen LogP contribution in [-0.2, 0) is 17.4 Å². The molecule has 1 aromatic heterocycles. The van der Waals surface area contributed by atoms with Gasteiger partial charge in [0.05, 0.1) is 24.6 Å². The first-order valence-electron chi connectivity index (χ1n) is 9.21. The minimum atomic E-state index is -4.55. The summed E-state index contributed by atoms with van der Waals surface area (Å²) in [5.74, 6) is -1.26. The zero-order valence-electron chi connectivity index (χ0n) is 16.6. The van der Waals surface area contributed by atoms with E-state index in [4.69, 9.17) is 21.4 Å². The van der Waals surface area contributed by atoms with Gasteiger partial charge in [-0.1, -0.05) is 23.7 Å². The van der Waals surface area contributed by atoms with Gasteiger partial charge in [-0.25, -0.2) is 4.98 Å². The third-order valence-corrected chi connectivity index (χ3v) is 4.68. The molecule has 0 saturated heterocycles. The summed E-state index contributed by atoms with van der Waals surface area (Å²) in [6, 6.07) is 9.40. The first-order chi connectivity index (χ1) is 15.1. The predicted octanol–water partition coefficient (Wildman–Crippen LogP) is 4.67. The fourth-order valence-corrected chi connectivity index (χ4v) is 3.09. The third-order valence-electron chi connectivity index (χ3n) is 4.50. The van der Waals surface area contributed by atoms with Crippen molar-refractivity contribution >= 4 is 29.1 Å². The number of halogens is 4. The number of aryl methyl sites for hydroxylation is 1. The number of alkyl halides is 3. The van der Waals surface area contributed by atoms with Crippen LogP contribution < -0.4 is 15.6 Å². The second-order valence-corrected chi connectivity index (χ2v) is 7.07. The van der Waals surface area contributed by atoms with E-state index in [2.05, 4.69) is 10.3 Å². The van der Waals surface area contributed by atoms with Gasteiger partial charge in [0.2, 0.25) is 0 Å². The predicted molar refractivity (Wildman–Crippen MR) is 112 cm³/mol. The smallest absolute Gasteiger partial charge is 0.416 e. The van der Waals surface area contributed by atoms with Gasteiger partial charge in [-0.05, 0) is 42.3 Å². The number of anilines is 2. The quantitative estimate of drug-likeness (QED) is 0.524. The topological polar surface area (TPSA) is 93.4 Å². The van der Waals surface area contributed by atoms with E-state index in [-0.39, 0.29) is 28.8 Å². The molecule has 0 atom stereocenters. The molecule has 0 fully saturated rings. The lowest BCUT2D eigenvalue weighted by Gasteiger charge is -2.15. The number of benzene rings is 2. The second-order valence-electron chi connectivity index (χ2n) is 6.69. The fraction of sp³-hybridized carbons (Fsp3) is 0.190. The van der Waals surface area contributed by atoms with E-state index in [1.807, 2.05) is 0 Å². The second kappa shape index (κ2) is 9.31. The maximum absolute atomic E-state index is 12.9. The first kappa shape index (κ1) is 23.1. The Morgan fingerprint density at radius 2 is 1.91 bits per heavy atom. The van der Waals surface area contributed by atoms with Crippen LogP contribution in [0.15, 0.2) is 53.5 Å². The van der Waals surface area contributed by atoms with Gasteiger partial charge in [-0.3, -0.25) is 14.2 Å². The number of nitrogens with zero attached hydrogens (tertiary/aromatic N) is 2. The van der Waals surface area contributed by atoms with E-state index in [1.165, 1.54) is 17.9 Å². The maximum atomic E-state index is 12.9. The number of rotatable bonds is 7. The van der Waals surface area contributed by atoms with Crippen LogP contribution in [0.3, 0.4) is 0 Å². The first-order valence-corrected chi connectivity index (χ1v) is 9.59. The SMILES string of the molecule is COc1cc(C(F)(F)F)ccc1Nc1nc(Cl)cn(-c2ccc(CCC(=O)O)cc2)c1=O. The normalized spacial score (nSPS) is 11.3. The minimum absolute atomic E-state index is 0.0244. The van der Waals surface area contributed by atoms with E-state index in [1.54, 1.807) is 24.3 Å². The average Bonchev–Trinajstić information content (AvgIpc) is 2.74. The average molecular weight is 468 g/mol. The standard InChI is InChI=1S/C21H17ClF3N3O4/c1-32-16-10-13(21(23,24)25)5-8-15(16)26-19-20(31)28(11-17(22)27-19)14-6-2-12(3-7-14)4-9-18(29)30/h2-3,5-8,10-11H,4,9H2,1H3,(H,26,27)(H,29,30). The lowest BCUT2D eigenvalue weighted by atomic mass is 10.1. The molecule has 7 nitrogen and oxygen atoms in total. The van der Waals surface area contributed by atoms with Crippen LogP contribution in [0.1, 0.15) is 17.5 Å². The highest BCUT2D eigenvalue weighted by molar-refractivity contribution is 6.29. The van der Waals surface area contributed by atoms with Gasteiger partial charge in [-0.2, -0.15) is 13.2 Å². The number of carboxylic acid groups (broad SMARTS) is 1. The van der Waals surface area contributed by atoms with Crippen LogP contribution in [0.2, 0.25) is 5.15 Å². The maximum Gasteiger partial charge on any atom is 0.416 e. The molecular formula is C21H17ClF3N3O4. The van der Waals surface area contributed by atoms with Crippen molar-refractivity contribution in [3.8, 4) is 11.4 Å². The Morgan fingerprint density at radius 1 is 1.22 bits per heavy atom. The molecule has 1 heterocycles. The van der Waals surface area contributed by atoms with E-state index < -0.39 is 23.3 Å². The van der Waals surface area contributed by atoms with E-state index in [0.717, 1.165) is 23.8 Å². The number of carboxylic acids is 1. The van der Waals surface area contributed by atoms with Crippen molar-refractivity contribution in [3.05, 3.63) is 75.3 Å². The Labute approximate surface area is 185 Å². The van der Waals surface area contributed by atoms with Gasteiger partial charge < -0.3 is 15.2 Å². The Kier molecular flexibility index (Phi) is 6.73. The highest BCUT2D eigenvalue weighted by atomic mass is 35.5.